The van der Waals surface area contributed by atoms with E-state index in [2.05, 4.69) is 32.0 Å². The first-order chi connectivity index (χ1) is 7.91. The van der Waals surface area contributed by atoms with Crippen LogP contribution in [0.3, 0.4) is 0 Å². The minimum atomic E-state index is -0.961. The number of hydrogen-bond acceptors (Lipinski definition) is 2. The van der Waals surface area contributed by atoms with Crippen LogP contribution in [0.1, 0.15) is 43.4 Å². The lowest BCUT2D eigenvalue weighted by Crippen LogP contribution is -2.42. The van der Waals surface area contributed by atoms with Crippen molar-refractivity contribution in [3.63, 3.8) is 0 Å². The Labute approximate surface area is 104 Å². The minimum Gasteiger partial charge on any atom is -0.390 e. The van der Waals surface area contributed by atoms with Crippen molar-refractivity contribution in [2.24, 2.45) is 0 Å². The van der Waals surface area contributed by atoms with Crippen LogP contribution in [0, 0.1) is 13.8 Å². The number of hydrogen-bond donors (Lipinski definition) is 2. The van der Waals surface area contributed by atoms with Gasteiger partial charge in [-0.05, 0) is 32.3 Å². The normalized spacial score (nSPS) is 13.8. The highest BCUT2D eigenvalue weighted by Crippen LogP contribution is 2.23. The second-order valence-corrected chi connectivity index (χ2v) is 5.03. The topological polar surface area (TPSA) is 40.5 Å². The number of aliphatic hydroxyl groups is 2. The predicted octanol–water partition coefficient (Wildman–Crippen LogP) is 2.76. The molecule has 0 saturated carbocycles. The SMILES string of the molecule is CCC(O)(CC)C(O)Cc1cc(C)cc(C)c1. The molecule has 2 nitrogen and oxygen atoms in total. The third-order valence-corrected chi connectivity index (χ3v) is 3.56. The van der Waals surface area contributed by atoms with Crippen LogP contribution >= 0.6 is 0 Å². The molecule has 1 rings (SSSR count). The summed E-state index contributed by atoms with van der Waals surface area (Å²) in [7, 11) is 0. The fourth-order valence-corrected chi connectivity index (χ4v) is 2.32. The molecular formula is C15H24O2. The highest BCUT2D eigenvalue weighted by atomic mass is 16.3. The van der Waals surface area contributed by atoms with Gasteiger partial charge in [0.05, 0.1) is 11.7 Å². The van der Waals surface area contributed by atoms with Crippen LogP contribution in [0.4, 0.5) is 0 Å². The fourth-order valence-electron chi connectivity index (χ4n) is 2.32. The summed E-state index contributed by atoms with van der Waals surface area (Å²) in [5.41, 5.74) is 2.53. The molecule has 1 aromatic carbocycles. The van der Waals surface area contributed by atoms with E-state index >= 15 is 0 Å². The average Bonchev–Trinajstić information content (AvgIpc) is 2.26. The highest BCUT2D eigenvalue weighted by molar-refractivity contribution is 5.29. The molecule has 0 fully saturated rings. The van der Waals surface area contributed by atoms with E-state index in [9.17, 15) is 10.2 Å². The van der Waals surface area contributed by atoms with Crippen molar-refractivity contribution < 1.29 is 10.2 Å². The molecule has 0 heterocycles. The van der Waals surface area contributed by atoms with Gasteiger partial charge in [0.2, 0.25) is 0 Å². The molecule has 1 unspecified atom stereocenters. The zero-order valence-electron chi connectivity index (χ0n) is 11.3. The van der Waals surface area contributed by atoms with E-state index in [0.29, 0.717) is 19.3 Å². The summed E-state index contributed by atoms with van der Waals surface area (Å²) in [5, 5.41) is 20.4. The van der Waals surface area contributed by atoms with E-state index < -0.39 is 11.7 Å². The largest absolute Gasteiger partial charge is 0.390 e. The van der Waals surface area contributed by atoms with Crippen molar-refractivity contribution in [1.82, 2.24) is 0 Å². The Morgan fingerprint density at radius 1 is 1.06 bits per heavy atom. The van der Waals surface area contributed by atoms with E-state index in [1.165, 1.54) is 11.1 Å². The van der Waals surface area contributed by atoms with E-state index in [1.54, 1.807) is 0 Å². The Morgan fingerprint density at radius 2 is 1.53 bits per heavy atom. The quantitative estimate of drug-likeness (QED) is 0.825. The van der Waals surface area contributed by atoms with Crippen LogP contribution in [0.5, 0.6) is 0 Å². The lowest BCUT2D eigenvalue weighted by Gasteiger charge is -2.31. The van der Waals surface area contributed by atoms with Gasteiger partial charge in [-0.15, -0.1) is 0 Å². The third kappa shape index (κ3) is 3.55. The molecule has 0 saturated heterocycles. The summed E-state index contributed by atoms with van der Waals surface area (Å²) in [6, 6.07) is 6.26. The van der Waals surface area contributed by atoms with Crippen LogP contribution in [0.15, 0.2) is 18.2 Å². The van der Waals surface area contributed by atoms with Gasteiger partial charge in [0, 0.05) is 6.42 Å². The van der Waals surface area contributed by atoms with Gasteiger partial charge < -0.3 is 10.2 Å². The van der Waals surface area contributed by atoms with Crippen LogP contribution in [0.2, 0.25) is 0 Å². The molecule has 0 spiro atoms. The average molecular weight is 236 g/mol. The molecule has 1 aromatic rings. The Morgan fingerprint density at radius 3 is 1.94 bits per heavy atom. The van der Waals surface area contributed by atoms with Gasteiger partial charge in [-0.25, -0.2) is 0 Å². The molecule has 0 aromatic heterocycles. The number of benzene rings is 1. The van der Waals surface area contributed by atoms with Crippen molar-refractivity contribution in [1.29, 1.82) is 0 Å². The van der Waals surface area contributed by atoms with Crippen molar-refractivity contribution in [3.8, 4) is 0 Å². The Kier molecular flexibility index (Phi) is 4.72. The van der Waals surface area contributed by atoms with Gasteiger partial charge in [-0.2, -0.15) is 0 Å². The molecule has 0 aliphatic carbocycles. The van der Waals surface area contributed by atoms with Gasteiger partial charge in [0.15, 0.2) is 0 Å². The number of aryl methyl sites for hydroxylation is 2. The van der Waals surface area contributed by atoms with Crippen molar-refractivity contribution in [2.45, 2.75) is 58.7 Å². The van der Waals surface area contributed by atoms with E-state index in [4.69, 9.17) is 0 Å². The number of rotatable bonds is 5. The maximum atomic E-state index is 10.2. The van der Waals surface area contributed by atoms with Crippen molar-refractivity contribution in [2.75, 3.05) is 0 Å². The van der Waals surface area contributed by atoms with Gasteiger partial charge in [-0.1, -0.05) is 43.2 Å². The molecule has 0 aliphatic rings. The van der Waals surface area contributed by atoms with E-state index in [1.807, 2.05) is 13.8 Å². The lowest BCUT2D eigenvalue weighted by molar-refractivity contribution is -0.0790. The maximum absolute atomic E-state index is 10.2. The molecule has 0 radical (unpaired) electrons. The van der Waals surface area contributed by atoms with Crippen LogP contribution in [-0.4, -0.2) is 21.9 Å². The lowest BCUT2D eigenvalue weighted by atomic mass is 9.86. The van der Waals surface area contributed by atoms with Crippen LogP contribution < -0.4 is 0 Å². The minimum absolute atomic E-state index is 0.515. The van der Waals surface area contributed by atoms with Gasteiger partial charge in [-0.3, -0.25) is 0 Å². The monoisotopic (exact) mass is 236 g/mol. The Bertz CT molecular complexity index is 347. The molecule has 0 aliphatic heterocycles. The summed E-state index contributed by atoms with van der Waals surface area (Å²) in [4.78, 5) is 0. The molecule has 1 atom stereocenters. The zero-order valence-corrected chi connectivity index (χ0v) is 11.3. The summed E-state index contributed by atoms with van der Waals surface area (Å²) in [6.45, 7) is 7.92. The smallest absolute Gasteiger partial charge is 0.0903 e. The molecule has 17 heavy (non-hydrogen) atoms. The molecule has 0 bridgehead atoms. The van der Waals surface area contributed by atoms with E-state index in [0.717, 1.165) is 5.56 Å². The molecule has 96 valence electrons. The maximum Gasteiger partial charge on any atom is 0.0903 e. The second kappa shape index (κ2) is 5.65. The predicted molar refractivity (Wildman–Crippen MR) is 71.2 cm³/mol. The summed E-state index contributed by atoms with van der Waals surface area (Å²) in [6.07, 6.45) is 0.977. The molecule has 2 N–H and O–H groups in total. The fraction of sp³-hybridized carbons (Fsp3) is 0.600. The number of aliphatic hydroxyl groups excluding tert-OH is 1. The summed E-state index contributed by atoms with van der Waals surface area (Å²) >= 11 is 0. The van der Waals surface area contributed by atoms with Gasteiger partial charge in [0.25, 0.3) is 0 Å². The molecular weight excluding hydrogens is 212 g/mol. The standard InChI is InChI=1S/C15H24O2/c1-5-15(17,6-2)14(16)10-13-8-11(3)7-12(4)9-13/h7-9,14,16-17H,5-6,10H2,1-4H3. The summed E-state index contributed by atoms with van der Waals surface area (Å²) in [5.74, 6) is 0. The first-order valence-corrected chi connectivity index (χ1v) is 6.39. The van der Waals surface area contributed by atoms with Crippen LogP contribution in [0.25, 0.3) is 0 Å². The molecule has 2 heteroatoms. The Hall–Kier alpha value is -0.860. The zero-order chi connectivity index (χ0) is 13.1. The first kappa shape index (κ1) is 14.2. The van der Waals surface area contributed by atoms with Crippen molar-refractivity contribution in [3.05, 3.63) is 34.9 Å². The van der Waals surface area contributed by atoms with Crippen molar-refractivity contribution >= 4 is 0 Å². The molecule has 0 amide bonds. The van der Waals surface area contributed by atoms with E-state index in [-0.39, 0.29) is 0 Å². The first-order valence-electron chi connectivity index (χ1n) is 6.39. The van der Waals surface area contributed by atoms with Gasteiger partial charge >= 0.3 is 0 Å². The highest BCUT2D eigenvalue weighted by Gasteiger charge is 2.31. The Balaban J connectivity index is 2.83. The van der Waals surface area contributed by atoms with Gasteiger partial charge in [0.1, 0.15) is 0 Å². The third-order valence-electron chi connectivity index (χ3n) is 3.56. The van der Waals surface area contributed by atoms with Crippen LogP contribution in [-0.2, 0) is 6.42 Å². The second-order valence-electron chi connectivity index (χ2n) is 5.03. The summed E-state index contributed by atoms with van der Waals surface area (Å²) < 4.78 is 0.